The summed E-state index contributed by atoms with van der Waals surface area (Å²) in [4.78, 5) is 0. The van der Waals surface area contributed by atoms with E-state index in [1.165, 1.54) is 0 Å². The minimum absolute atomic E-state index is 0.0699. The van der Waals surface area contributed by atoms with Crippen molar-refractivity contribution < 1.29 is 5.11 Å². The molecule has 1 N–H and O–H groups in total. The smallest absolute Gasteiger partial charge is 0.0772 e. The molecular formula is C9H16O. The van der Waals surface area contributed by atoms with E-state index in [1.807, 2.05) is 20.8 Å². The molecule has 1 unspecified atom stereocenters. The lowest BCUT2D eigenvalue weighted by molar-refractivity contribution is 0.105. The normalized spacial score (nSPS) is 15.6. The Labute approximate surface area is 63.1 Å². The molecule has 0 aromatic rings. The summed E-state index contributed by atoms with van der Waals surface area (Å²) in [5, 5.41) is 9.38. The van der Waals surface area contributed by atoms with Crippen molar-refractivity contribution in [3.8, 4) is 0 Å². The average Bonchev–Trinajstić information content (AvgIpc) is 1.80. The Balaban J connectivity index is 3.96. The molecule has 10 heavy (non-hydrogen) atoms. The molecule has 1 atom stereocenters. The molecule has 0 bridgehead atoms. The topological polar surface area (TPSA) is 20.2 Å². The number of hydrogen-bond acceptors (Lipinski definition) is 1. The number of aliphatic hydroxyl groups is 1. The zero-order valence-corrected chi connectivity index (χ0v) is 6.96. The predicted molar refractivity (Wildman–Crippen MR) is 44.8 cm³/mol. The maximum atomic E-state index is 9.38. The molecule has 0 aromatic carbocycles. The molecule has 0 amide bonds. The molecule has 0 aliphatic heterocycles. The van der Waals surface area contributed by atoms with Crippen molar-refractivity contribution in [2.24, 2.45) is 5.41 Å². The van der Waals surface area contributed by atoms with Crippen LogP contribution in [0.5, 0.6) is 0 Å². The first-order valence-corrected chi connectivity index (χ1v) is 3.46. The minimum Gasteiger partial charge on any atom is -0.388 e. The first-order chi connectivity index (χ1) is 4.48. The molecular weight excluding hydrogens is 124 g/mol. The molecule has 1 heteroatoms. The third-order valence-corrected chi connectivity index (χ3v) is 1.32. The van der Waals surface area contributed by atoms with Crippen LogP contribution in [0.2, 0.25) is 0 Å². The monoisotopic (exact) mass is 140 g/mol. The van der Waals surface area contributed by atoms with Crippen molar-refractivity contribution in [3.05, 3.63) is 24.8 Å². The van der Waals surface area contributed by atoms with E-state index in [0.29, 0.717) is 0 Å². The zero-order valence-electron chi connectivity index (χ0n) is 6.96. The molecule has 0 aliphatic rings. The highest BCUT2D eigenvalue weighted by atomic mass is 16.3. The van der Waals surface area contributed by atoms with Crippen LogP contribution in [0.15, 0.2) is 24.8 Å². The fourth-order valence-corrected chi connectivity index (χ4v) is 0.472. The lowest BCUT2D eigenvalue weighted by atomic mass is 9.89. The zero-order chi connectivity index (χ0) is 8.20. The fraction of sp³-hybridized carbons (Fsp3) is 0.556. The van der Waals surface area contributed by atoms with E-state index >= 15 is 0 Å². The summed E-state index contributed by atoms with van der Waals surface area (Å²) < 4.78 is 0. The van der Waals surface area contributed by atoms with Crippen molar-refractivity contribution >= 4 is 0 Å². The molecule has 0 fully saturated rings. The van der Waals surface area contributed by atoms with Gasteiger partial charge < -0.3 is 5.11 Å². The standard InChI is InChI=1S/C9H16O/c1-5-6-7-8(10)9(2,3)4/h5-8,10H,1H2,2-4H3/b7-6+. The van der Waals surface area contributed by atoms with Crippen LogP contribution in [0.4, 0.5) is 0 Å². The Morgan fingerprint density at radius 2 is 1.90 bits per heavy atom. The van der Waals surface area contributed by atoms with E-state index in [-0.39, 0.29) is 11.5 Å². The maximum absolute atomic E-state index is 9.38. The molecule has 0 aromatic heterocycles. The van der Waals surface area contributed by atoms with Crippen LogP contribution in [-0.4, -0.2) is 11.2 Å². The highest BCUT2D eigenvalue weighted by molar-refractivity contribution is 5.03. The highest BCUT2D eigenvalue weighted by Crippen LogP contribution is 2.19. The van der Waals surface area contributed by atoms with Crippen LogP contribution in [0.1, 0.15) is 20.8 Å². The summed E-state index contributed by atoms with van der Waals surface area (Å²) in [7, 11) is 0. The molecule has 58 valence electrons. The van der Waals surface area contributed by atoms with E-state index in [9.17, 15) is 5.11 Å². The third kappa shape index (κ3) is 3.46. The second-order valence-corrected chi connectivity index (χ2v) is 3.43. The van der Waals surface area contributed by atoms with E-state index < -0.39 is 0 Å². The SMILES string of the molecule is C=C/C=C/C(O)C(C)(C)C. The van der Waals surface area contributed by atoms with E-state index in [1.54, 1.807) is 18.2 Å². The molecule has 0 heterocycles. The Hall–Kier alpha value is -0.560. The van der Waals surface area contributed by atoms with Crippen molar-refractivity contribution in [2.45, 2.75) is 26.9 Å². The largest absolute Gasteiger partial charge is 0.388 e. The first-order valence-electron chi connectivity index (χ1n) is 3.46. The maximum Gasteiger partial charge on any atom is 0.0772 e. The quantitative estimate of drug-likeness (QED) is 0.582. The van der Waals surface area contributed by atoms with Gasteiger partial charge in [0.15, 0.2) is 0 Å². The van der Waals surface area contributed by atoms with Crippen molar-refractivity contribution in [1.29, 1.82) is 0 Å². The van der Waals surface area contributed by atoms with E-state index in [0.717, 1.165) is 0 Å². The van der Waals surface area contributed by atoms with Crippen LogP contribution in [-0.2, 0) is 0 Å². The van der Waals surface area contributed by atoms with Gasteiger partial charge in [-0.3, -0.25) is 0 Å². The number of aliphatic hydroxyl groups excluding tert-OH is 1. The van der Waals surface area contributed by atoms with Gasteiger partial charge in [0.2, 0.25) is 0 Å². The van der Waals surface area contributed by atoms with Crippen LogP contribution in [0.25, 0.3) is 0 Å². The Kier molecular flexibility index (Phi) is 3.37. The average molecular weight is 140 g/mol. The first kappa shape index (κ1) is 9.44. The van der Waals surface area contributed by atoms with Crippen molar-refractivity contribution in [2.75, 3.05) is 0 Å². The lowest BCUT2D eigenvalue weighted by Crippen LogP contribution is -2.23. The Morgan fingerprint density at radius 3 is 2.20 bits per heavy atom. The highest BCUT2D eigenvalue weighted by Gasteiger charge is 2.18. The van der Waals surface area contributed by atoms with Crippen LogP contribution < -0.4 is 0 Å². The van der Waals surface area contributed by atoms with E-state index in [2.05, 4.69) is 6.58 Å². The molecule has 0 spiro atoms. The summed E-state index contributed by atoms with van der Waals surface area (Å²) in [6.07, 6.45) is 4.78. The number of rotatable bonds is 2. The summed E-state index contributed by atoms with van der Waals surface area (Å²) in [6.45, 7) is 9.49. The fourth-order valence-electron chi connectivity index (χ4n) is 0.472. The molecule has 0 aliphatic carbocycles. The van der Waals surface area contributed by atoms with Gasteiger partial charge in [-0.2, -0.15) is 0 Å². The van der Waals surface area contributed by atoms with Gasteiger partial charge in [0.1, 0.15) is 0 Å². The van der Waals surface area contributed by atoms with Gasteiger partial charge in [-0.15, -0.1) is 0 Å². The van der Waals surface area contributed by atoms with E-state index in [4.69, 9.17) is 0 Å². The van der Waals surface area contributed by atoms with Gasteiger partial charge >= 0.3 is 0 Å². The molecule has 0 radical (unpaired) electrons. The third-order valence-electron chi connectivity index (χ3n) is 1.32. The molecule has 1 nitrogen and oxygen atoms in total. The summed E-state index contributed by atoms with van der Waals surface area (Å²) in [5.74, 6) is 0. The second kappa shape index (κ2) is 3.57. The minimum atomic E-state index is -0.384. The van der Waals surface area contributed by atoms with Gasteiger partial charge in [0, 0.05) is 0 Å². The molecule has 0 saturated heterocycles. The molecule has 0 saturated carbocycles. The number of allylic oxidation sites excluding steroid dienone is 2. The second-order valence-electron chi connectivity index (χ2n) is 3.43. The molecule has 0 rings (SSSR count). The van der Waals surface area contributed by atoms with Gasteiger partial charge in [-0.05, 0) is 5.41 Å². The number of hydrogen-bond donors (Lipinski definition) is 1. The predicted octanol–water partition coefficient (Wildman–Crippen LogP) is 2.14. The van der Waals surface area contributed by atoms with Crippen LogP contribution in [0.3, 0.4) is 0 Å². The van der Waals surface area contributed by atoms with Gasteiger partial charge in [-0.1, -0.05) is 45.6 Å². The lowest BCUT2D eigenvalue weighted by Gasteiger charge is -2.22. The van der Waals surface area contributed by atoms with Crippen LogP contribution in [0, 0.1) is 5.41 Å². The van der Waals surface area contributed by atoms with Gasteiger partial charge in [0.25, 0.3) is 0 Å². The van der Waals surface area contributed by atoms with Gasteiger partial charge in [0.05, 0.1) is 6.10 Å². The van der Waals surface area contributed by atoms with Crippen LogP contribution >= 0.6 is 0 Å². The summed E-state index contributed by atoms with van der Waals surface area (Å²) in [6, 6.07) is 0. The summed E-state index contributed by atoms with van der Waals surface area (Å²) >= 11 is 0. The summed E-state index contributed by atoms with van der Waals surface area (Å²) in [5.41, 5.74) is -0.0699. The van der Waals surface area contributed by atoms with Crippen molar-refractivity contribution in [3.63, 3.8) is 0 Å². The Morgan fingerprint density at radius 1 is 1.40 bits per heavy atom. The van der Waals surface area contributed by atoms with Gasteiger partial charge in [-0.25, -0.2) is 0 Å². The van der Waals surface area contributed by atoms with Crippen molar-refractivity contribution in [1.82, 2.24) is 0 Å². The Bertz CT molecular complexity index is 128.